The van der Waals surface area contributed by atoms with Crippen LogP contribution in [0.3, 0.4) is 0 Å². The second-order valence-corrected chi connectivity index (χ2v) is 27.1. The number of nitrogens with zero attached hydrogens (tertiary/aromatic N) is 12. The molecule has 0 bridgehead atoms. The number of anilines is 8. The zero-order valence-corrected chi connectivity index (χ0v) is 66.3. The zero-order valence-electron chi connectivity index (χ0n) is 66.3. The molecule has 127 heavy (non-hydrogen) atoms. The van der Waals surface area contributed by atoms with Gasteiger partial charge in [0.1, 0.15) is 28.8 Å². The highest BCUT2D eigenvalue weighted by atomic mass is 19.4. The van der Waals surface area contributed by atoms with E-state index < -0.39 is 96.9 Å². The van der Waals surface area contributed by atoms with Gasteiger partial charge in [0.2, 0.25) is 0 Å². The lowest BCUT2D eigenvalue weighted by atomic mass is 10.1. The topological polar surface area (TPSA) is 540 Å². The molecule has 8 aromatic rings. The minimum absolute atomic E-state index is 0.00419. The molecule has 4 aliphatic rings. The first-order valence-corrected chi connectivity index (χ1v) is 37.2. The molecule has 0 spiro atoms. The lowest BCUT2D eigenvalue weighted by molar-refractivity contribution is -0.385. The number of methoxy groups -OCH3 is 2. The third-order valence-corrected chi connectivity index (χ3v) is 19.3. The fourth-order valence-electron chi connectivity index (χ4n) is 13.0. The molecule has 0 atom stereocenters. The van der Waals surface area contributed by atoms with Crippen LogP contribution in [-0.2, 0) is 6.18 Å². The zero-order chi connectivity index (χ0) is 92.7. The van der Waals surface area contributed by atoms with Gasteiger partial charge in [0, 0.05) is 188 Å². The summed E-state index contributed by atoms with van der Waals surface area (Å²) in [5, 5.41) is 90.0. The number of hydrogen-bond donors (Lipinski definition) is 12. The van der Waals surface area contributed by atoms with Gasteiger partial charge in [0.05, 0.1) is 84.6 Å². The van der Waals surface area contributed by atoms with E-state index >= 15 is 0 Å². The van der Waals surface area contributed by atoms with Crippen LogP contribution in [0.2, 0.25) is 0 Å². The normalized spacial score (nSPS) is 13.8. The number of carbonyl (C=O) groups is 8. The Balaban J connectivity index is 0.000000191. The largest absolute Gasteiger partial charge is 0.573 e. The maximum atomic E-state index is 13.7. The third-order valence-electron chi connectivity index (χ3n) is 19.3. The van der Waals surface area contributed by atoms with Gasteiger partial charge in [-0.2, -0.15) is 13.2 Å². The minimum Gasteiger partial charge on any atom is -0.497 e. The number of nitrogens with one attached hydrogen (secondary N) is 8. The van der Waals surface area contributed by atoms with E-state index in [4.69, 9.17) is 30.3 Å². The molecule has 8 aromatic carbocycles. The lowest BCUT2D eigenvalue weighted by Gasteiger charge is -2.36. The Bertz CT molecular complexity index is 5400. The number of nitro groups is 4. The van der Waals surface area contributed by atoms with Crippen molar-refractivity contribution in [1.82, 2.24) is 41.5 Å². The highest BCUT2D eigenvalue weighted by molar-refractivity contribution is 6.02. The van der Waals surface area contributed by atoms with Crippen molar-refractivity contribution in [2.24, 2.45) is 0 Å². The summed E-state index contributed by atoms with van der Waals surface area (Å²) < 4.78 is 117. The van der Waals surface area contributed by atoms with E-state index in [0.717, 1.165) is 54.6 Å². The number of carbonyl (C=O) groups excluding carboxylic acids is 8. The number of halogens is 8. The molecule has 12 amide bonds. The maximum Gasteiger partial charge on any atom is 0.573 e. The highest BCUT2D eigenvalue weighted by Gasteiger charge is 2.36. The van der Waals surface area contributed by atoms with Gasteiger partial charge in [0.15, 0.2) is 5.75 Å². The van der Waals surface area contributed by atoms with Crippen LogP contribution < -0.4 is 77.0 Å². The van der Waals surface area contributed by atoms with E-state index in [-0.39, 0.29) is 152 Å². The molecular formula is C76H76F8N20O23. The summed E-state index contributed by atoms with van der Waals surface area (Å²) in [5.74, 6) is -4.72. The summed E-state index contributed by atoms with van der Waals surface area (Å²) in [6, 6.07) is 30.0. The number of non-ortho nitro benzene ring substituents is 3. The van der Waals surface area contributed by atoms with Gasteiger partial charge < -0.3 is 74.7 Å². The number of benzene rings is 8. The van der Waals surface area contributed by atoms with Crippen LogP contribution in [0.25, 0.3) is 0 Å². The van der Waals surface area contributed by atoms with Crippen LogP contribution in [0.4, 0.5) is 123 Å². The second kappa shape index (κ2) is 42.8. The third kappa shape index (κ3) is 25.4. The maximum absolute atomic E-state index is 13.7. The van der Waals surface area contributed by atoms with Gasteiger partial charge in [-0.1, -0.05) is 18.2 Å². The van der Waals surface area contributed by atoms with Crippen molar-refractivity contribution in [3.63, 3.8) is 0 Å². The van der Waals surface area contributed by atoms with Gasteiger partial charge in [-0.3, -0.25) is 80.5 Å². The summed E-state index contributed by atoms with van der Waals surface area (Å²) in [4.78, 5) is 152. The number of hydroxylamine groups is 4. The molecule has 0 saturated carbocycles. The quantitative estimate of drug-likeness (QED) is 0.0155. The number of para-hydroxylation sites is 2. The number of hydrogen-bond acceptors (Lipinski definition) is 27. The molecule has 12 N–H and O–H groups in total. The number of alkyl halides is 6. The predicted octanol–water partition coefficient (Wildman–Crippen LogP) is 10.5. The first kappa shape index (κ1) is 95.0. The van der Waals surface area contributed by atoms with Crippen molar-refractivity contribution in [2.75, 3.05) is 160 Å². The van der Waals surface area contributed by atoms with Gasteiger partial charge in [-0.05, 0) is 72.8 Å². The molecule has 0 aromatic heterocycles. The SMILES string of the molecule is COc1cc(NC(=O)N2CCN(c3ccc([N+](=O)[O-])cc3C(=O)NO)CC2)cc(OC)c1.O=C(NO)c1cc([N+](=O)[O-])ccc1N1CCN(C(=O)Nc2cccc(C(F)(F)F)c2)CC1.O=C(NO)c1cc([N+](=O)[O-])ccc1N1CCN(C(=O)Nc2ccccc2OC(F)(F)F)CC1.O=C(NO)c1ccc(N2CCN(C(=O)Nc3ccc(F)cc3F)CC2)c([N+](=O)[O-])c1. The van der Waals surface area contributed by atoms with Crippen LogP contribution in [0, 0.1) is 52.1 Å². The molecule has 0 unspecified atom stereocenters. The standard InChI is InChI=1S/C20H23N5O7.C19H18F3N5O6.C19H18F3N5O5.C18H17F2N5O5/c1-31-15-9-13(10-16(12-15)32-2)21-20(27)24-7-5-23(6-8-24)18-4-3-14(25(29)30)11-17(18)19(26)22-28;20-19(21,22)33-16-4-2-1-3-14(16)23-18(29)26-9-7-25(8-10-26)15-6-5-12(27(31)32)11-13(15)17(28)24-30;20-19(21,22)12-2-1-3-13(10-12)23-18(29)26-8-6-25(7-9-26)16-5-4-14(27(31)32)11-15(16)17(28)24-30;19-12-2-3-14(13(20)10-12)21-18(27)24-7-5-23(6-8-24)15-4-1-11(17(26)22-28)9-16(15)25(29)30/h3-4,9-12,28H,5-8H2,1-2H3,(H,21,27)(H,22,26);1-6,11,30H,7-10H2,(H,23,29)(H,24,28);1-5,10-11,30H,6-9H2,(H,23,29)(H,24,28);1-4,9-10,28H,5-8H2,(H,21,27)(H,22,26). The van der Waals surface area contributed by atoms with Gasteiger partial charge in [-0.15, -0.1) is 13.2 Å². The predicted molar refractivity (Wildman–Crippen MR) is 431 cm³/mol. The number of nitro benzene ring substituents is 4. The van der Waals surface area contributed by atoms with Crippen LogP contribution in [-0.4, -0.2) is 233 Å². The molecule has 51 heteroatoms. The number of ether oxygens (including phenoxy) is 3. The molecule has 4 fully saturated rings. The smallest absolute Gasteiger partial charge is 0.497 e. The minimum atomic E-state index is -4.92. The fourth-order valence-corrected chi connectivity index (χ4v) is 13.0. The van der Waals surface area contributed by atoms with Crippen molar-refractivity contribution < 1.29 is 128 Å². The summed E-state index contributed by atoms with van der Waals surface area (Å²) in [5.41, 5.74) is 4.93. The van der Waals surface area contributed by atoms with E-state index in [1.807, 2.05) is 4.90 Å². The van der Waals surface area contributed by atoms with Crippen LogP contribution >= 0.6 is 0 Å². The monoisotopic (exact) mass is 1790 g/mol. The molecule has 43 nitrogen and oxygen atoms in total. The fraction of sp³-hybridized carbons (Fsp3) is 0.263. The second-order valence-electron chi connectivity index (χ2n) is 27.1. The molecular weight excluding hydrogens is 1710 g/mol. The molecule has 674 valence electrons. The summed E-state index contributed by atoms with van der Waals surface area (Å²) in [6.45, 7) is 3.98. The first-order chi connectivity index (χ1) is 60.3. The van der Waals surface area contributed by atoms with E-state index in [9.17, 15) is 114 Å². The molecule has 0 radical (unpaired) electrons. The Kier molecular flexibility index (Phi) is 32.0. The first-order valence-electron chi connectivity index (χ1n) is 37.2. The van der Waals surface area contributed by atoms with Crippen LogP contribution in [0.15, 0.2) is 158 Å². The molecule has 4 saturated heterocycles. The van der Waals surface area contributed by atoms with E-state index in [0.29, 0.717) is 66.5 Å². The van der Waals surface area contributed by atoms with Crippen LogP contribution in [0.5, 0.6) is 17.2 Å². The van der Waals surface area contributed by atoms with E-state index in [1.54, 1.807) is 37.8 Å². The summed E-state index contributed by atoms with van der Waals surface area (Å²) in [7, 11) is 3.03. The number of rotatable bonds is 19. The average molecular weight is 1790 g/mol. The average Bonchev–Trinajstić information content (AvgIpc) is 0.811. The number of urea groups is 4. The van der Waals surface area contributed by atoms with Crippen molar-refractivity contribution in [3.8, 4) is 17.2 Å². The van der Waals surface area contributed by atoms with Gasteiger partial charge >= 0.3 is 36.7 Å². The van der Waals surface area contributed by atoms with E-state index in [1.165, 1.54) is 130 Å². The van der Waals surface area contributed by atoms with Crippen molar-refractivity contribution in [3.05, 3.63) is 238 Å². The van der Waals surface area contributed by atoms with Crippen molar-refractivity contribution in [1.29, 1.82) is 0 Å². The Morgan fingerprint density at radius 3 is 1.13 bits per heavy atom. The van der Waals surface area contributed by atoms with Crippen molar-refractivity contribution >= 4 is 116 Å². The Morgan fingerprint density at radius 2 is 0.756 bits per heavy atom. The Morgan fingerprint density at radius 1 is 0.378 bits per heavy atom. The number of amides is 12. The summed E-state index contributed by atoms with van der Waals surface area (Å²) in [6.07, 6.45) is -9.45. The lowest BCUT2D eigenvalue weighted by Crippen LogP contribution is -2.50. The number of piperazine rings is 4. The Hall–Kier alpha value is -15.8. The van der Waals surface area contributed by atoms with Gasteiger partial charge in [0.25, 0.3) is 46.4 Å². The van der Waals surface area contributed by atoms with Crippen LogP contribution in [0.1, 0.15) is 47.0 Å². The van der Waals surface area contributed by atoms with Gasteiger partial charge in [-0.25, -0.2) is 49.9 Å². The molecule has 4 heterocycles. The van der Waals surface area contributed by atoms with E-state index in [2.05, 4.69) is 26.0 Å². The summed E-state index contributed by atoms with van der Waals surface area (Å²) >= 11 is 0. The highest BCUT2D eigenvalue weighted by Crippen LogP contribution is 2.37. The molecule has 0 aliphatic carbocycles. The molecule has 12 rings (SSSR count). The van der Waals surface area contributed by atoms with Crippen molar-refractivity contribution in [2.45, 2.75) is 12.5 Å². The Labute approximate surface area is 710 Å². The molecule has 4 aliphatic heterocycles.